The molecule has 2 rings (SSSR count). The third-order valence-electron chi connectivity index (χ3n) is 4.55. The maximum Gasteiger partial charge on any atom is 0.0967 e. The molecule has 0 saturated carbocycles. The van der Waals surface area contributed by atoms with E-state index in [1.807, 2.05) is 0 Å². The van der Waals surface area contributed by atoms with Crippen molar-refractivity contribution in [3.8, 4) is 0 Å². The van der Waals surface area contributed by atoms with Crippen molar-refractivity contribution in [1.82, 2.24) is 0 Å². The fourth-order valence-electron chi connectivity index (χ4n) is 2.33. The fraction of sp³-hybridized carbons (Fsp3) is 0.429. The molecule has 0 spiro atoms. The van der Waals surface area contributed by atoms with Crippen molar-refractivity contribution in [2.24, 2.45) is 0 Å². The minimum atomic E-state index is 0.194. The zero-order valence-corrected chi connectivity index (χ0v) is 21.1. The van der Waals surface area contributed by atoms with E-state index in [-0.39, 0.29) is 5.34 Å². The van der Waals surface area contributed by atoms with Gasteiger partial charge in [-0.2, -0.15) is 0 Å². The molecule has 25 heavy (non-hydrogen) atoms. The second-order valence-electron chi connectivity index (χ2n) is 6.25. The summed E-state index contributed by atoms with van der Waals surface area (Å²) in [6, 6.07) is 4.48. The number of rotatable bonds is 0. The first kappa shape index (κ1) is 25.0. The second kappa shape index (κ2) is 11.6. The highest BCUT2D eigenvalue weighted by atomic mass is 79.9. The molecule has 0 heterocycles. The van der Waals surface area contributed by atoms with Gasteiger partial charge in [-0.1, -0.05) is 44.0 Å². The van der Waals surface area contributed by atoms with Gasteiger partial charge in [-0.05, 0) is 99.9 Å². The van der Waals surface area contributed by atoms with Crippen molar-refractivity contribution in [3.63, 3.8) is 0 Å². The number of benzene rings is 2. The second-order valence-corrected chi connectivity index (χ2v) is 8.64. The highest BCUT2D eigenvalue weighted by molar-refractivity contribution is 9.11. The molecule has 0 aromatic heterocycles. The van der Waals surface area contributed by atoms with Gasteiger partial charge in [0.15, 0.2) is 0 Å². The molecule has 0 saturated heterocycles. The van der Waals surface area contributed by atoms with Crippen LogP contribution in [0.25, 0.3) is 0 Å². The molecule has 0 aliphatic carbocycles. The van der Waals surface area contributed by atoms with Crippen LogP contribution < -0.4 is 0 Å². The van der Waals surface area contributed by atoms with Crippen LogP contribution in [0.5, 0.6) is 0 Å². The summed E-state index contributed by atoms with van der Waals surface area (Å²) in [4.78, 5) is 0. The Morgan fingerprint density at radius 1 is 0.560 bits per heavy atom. The van der Waals surface area contributed by atoms with Crippen molar-refractivity contribution in [3.05, 3.63) is 65.6 Å². The van der Waals surface area contributed by atoms with E-state index < -0.39 is 0 Å². The van der Waals surface area contributed by atoms with Crippen LogP contribution in [0.4, 0.5) is 0 Å². The fourth-order valence-corrected chi connectivity index (χ4v) is 3.52. The first-order chi connectivity index (χ1) is 11.5. The predicted molar refractivity (Wildman–Crippen MR) is 123 cm³/mol. The van der Waals surface area contributed by atoms with Crippen LogP contribution in [0.1, 0.15) is 44.5 Å². The zero-order chi connectivity index (χ0) is 19.9. The summed E-state index contributed by atoms with van der Waals surface area (Å²) in [6.07, 6.45) is 0. The normalized spacial score (nSPS) is 9.76. The van der Waals surface area contributed by atoms with Gasteiger partial charge in [0.05, 0.1) is 5.34 Å². The van der Waals surface area contributed by atoms with E-state index in [4.69, 9.17) is 23.2 Å². The van der Waals surface area contributed by atoms with E-state index in [9.17, 15) is 0 Å². The van der Waals surface area contributed by atoms with E-state index >= 15 is 0 Å². The molecule has 4 heteroatoms. The Balaban J connectivity index is 0.000000403. The van der Waals surface area contributed by atoms with Crippen LogP contribution in [0.3, 0.4) is 0 Å². The van der Waals surface area contributed by atoms with Crippen LogP contribution in [0.2, 0.25) is 0 Å². The molecule has 0 unspecified atom stereocenters. The minimum Gasteiger partial charge on any atom is -0.109 e. The van der Waals surface area contributed by atoms with Crippen molar-refractivity contribution >= 4 is 55.1 Å². The Morgan fingerprint density at radius 3 is 0.880 bits per heavy atom. The lowest BCUT2D eigenvalue weighted by Gasteiger charge is -2.13. The molecule has 140 valence electrons. The summed E-state index contributed by atoms with van der Waals surface area (Å²) in [5.74, 6) is 0. The third-order valence-corrected chi connectivity index (χ3v) is 6.93. The van der Waals surface area contributed by atoms with Gasteiger partial charge in [-0.15, -0.1) is 23.2 Å². The van der Waals surface area contributed by atoms with Gasteiger partial charge in [0.2, 0.25) is 0 Å². The van der Waals surface area contributed by atoms with E-state index in [0.717, 1.165) is 0 Å². The topological polar surface area (TPSA) is 0 Å². The largest absolute Gasteiger partial charge is 0.109 e. The van der Waals surface area contributed by atoms with E-state index in [0.29, 0.717) is 0 Å². The highest BCUT2D eigenvalue weighted by Gasteiger charge is 2.10. The van der Waals surface area contributed by atoms with Crippen LogP contribution in [0.15, 0.2) is 21.1 Å². The monoisotopic (exact) mass is 508 g/mol. The smallest absolute Gasteiger partial charge is 0.0967 e. The first-order valence-corrected chi connectivity index (χ1v) is 10.7. The molecule has 0 N–H and O–H groups in total. The molecule has 0 nitrogen and oxygen atoms in total. The Kier molecular flexibility index (Phi) is 11.6. The molecular weight excluding hydrogens is 483 g/mol. The summed E-state index contributed by atoms with van der Waals surface area (Å²) >= 11 is 16.7. The molecule has 0 radical (unpaired) electrons. The Morgan fingerprint density at radius 2 is 0.720 bits per heavy atom. The van der Waals surface area contributed by atoms with E-state index in [2.05, 4.69) is 99.4 Å². The number of alkyl halides is 2. The molecular formula is C21H28Br2Cl2. The van der Waals surface area contributed by atoms with Gasteiger partial charge in [0.25, 0.3) is 0 Å². The maximum atomic E-state index is 4.76. The lowest BCUT2D eigenvalue weighted by molar-refractivity contribution is 1.19. The third kappa shape index (κ3) is 7.25. The van der Waals surface area contributed by atoms with E-state index in [1.54, 1.807) is 0 Å². The molecule has 0 atom stereocenters. The van der Waals surface area contributed by atoms with Crippen molar-refractivity contribution in [2.75, 3.05) is 5.34 Å². The first-order valence-electron chi connectivity index (χ1n) is 8.07. The van der Waals surface area contributed by atoms with Gasteiger partial charge in [0, 0.05) is 8.95 Å². The Bertz CT molecular complexity index is 567. The van der Waals surface area contributed by atoms with Crippen LogP contribution in [-0.4, -0.2) is 5.34 Å². The summed E-state index contributed by atoms with van der Waals surface area (Å²) in [6.45, 7) is 17.2. The van der Waals surface area contributed by atoms with Gasteiger partial charge < -0.3 is 0 Å². The maximum absolute atomic E-state index is 4.76. The molecule has 2 aromatic rings. The van der Waals surface area contributed by atoms with Gasteiger partial charge in [-0.3, -0.25) is 0 Å². The average Bonchev–Trinajstić information content (AvgIpc) is 2.56. The van der Waals surface area contributed by atoms with Crippen LogP contribution in [0, 0.1) is 55.4 Å². The minimum absolute atomic E-state index is 0.194. The standard InChI is InChI=1S/C10H12Br2.C10H14.CH2Cl2/c1-5-6(2)10(12)8(4)7(3)9(5)11;1-7-5-9(3)10(4)6-8(7)2;2-1-3/h1-4H3;5-6H,1-4H3;1H2. The number of aryl methyl sites for hydroxylation is 4. The van der Waals surface area contributed by atoms with Gasteiger partial charge in [-0.25, -0.2) is 0 Å². The summed E-state index contributed by atoms with van der Waals surface area (Å²) in [5, 5.41) is 0.194. The number of hydrogen-bond acceptors (Lipinski definition) is 0. The molecule has 0 aliphatic heterocycles. The SMILES string of the molecule is Cc1c(C)c(Br)c(C)c(C)c1Br.Cc1cc(C)c(C)cc1C.ClCCl. The molecule has 0 bridgehead atoms. The van der Waals surface area contributed by atoms with Crippen LogP contribution >= 0.6 is 55.1 Å². The summed E-state index contributed by atoms with van der Waals surface area (Å²) < 4.78 is 2.47. The van der Waals surface area contributed by atoms with Crippen molar-refractivity contribution in [1.29, 1.82) is 0 Å². The predicted octanol–water partition coefficient (Wildman–Crippen LogP) is 8.79. The highest BCUT2D eigenvalue weighted by Crippen LogP contribution is 2.33. The quantitative estimate of drug-likeness (QED) is 0.310. The zero-order valence-electron chi connectivity index (χ0n) is 16.4. The van der Waals surface area contributed by atoms with Gasteiger partial charge >= 0.3 is 0 Å². The Hall–Kier alpha value is -0.0200. The van der Waals surface area contributed by atoms with Gasteiger partial charge in [0.1, 0.15) is 0 Å². The van der Waals surface area contributed by atoms with Crippen molar-refractivity contribution in [2.45, 2.75) is 55.4 Å². The summed E-state index contributed by atoms with van der Waals surface area (Å²) in [5.41, 5.74) is 10.9. The lowest BCUT2D eigenvalue weighted by atomic mass is 10.0. The Labute approximate surface area is 180 Å². The van der Waals surface area contributed by atoms with E-state index in [1.165, 1.54) is 53.5 Å². The number of hydrogen-bond donors (Lipinski definition) is 0. The molecule has 0 amide bonds. The molecule has 0 fully saturated rings. The summed E-state index contributed by atoms with van der Waals surface area (Å²) in [7, 11) is 0. The van der Waals surface area contributed by atoms with Crippen molar-refractivity contribution < 1.29 is 0 Å². The molecule has 0 aliphatic rings. The van der Waals surface area contributed by atoms with Crippen LogP contribution in [-0.2, 0) is 0 Å². The molecule has 2 aromatic carbocycles. The average molecular weight is 511 g/mol. The number of halogens is 4. The lowest BCUT2D eigenvalue weighted by Crippen LogP contribution is -1.93.